The van der Waals surface area contributed by atoms with Crippen molar-refractivity contribution < 1.29 is 0 Å². The highest BCUT2D eigenvalue weighted by molar-refractivity contribution is 5.93. The summed E-state index contributed by atoms with van der Waals surface area (Å²) in [6.07, 6.45) is 4.77. The first-order valence-electron chi connectivity index (χ1n) is 6.60. The first kappa shape index (κ1) is 11.6. The Bertz CT molecular complexity index is 566. The second-order valence-electron chi connectivity index (χ2n) is 5.70. The lowest BCUT2D eigenvalue weighted by atomic mass is 10.1. The second-order valence-corrected chi connectivity index (χ2v) is 5.70. The van der Waals surface area contributed by atoms with Crippen molar-refractivity contribution in [1.29, 1.82) is 0 Å². The summed E-state index contributed by atoms with van der Waals surface area (Å²) in [6, 6.07) is 8.57. The number of hydrogen-bond donors (Lipinski definition) is 1. The van der Waals surface area contributed by atoms with Crippen molar-refractivity contribution in [3.63, 3.8) is 0 Å². The first-order chi connectivity index (χ1) is 8.65. The van der Waals surface area contributed by atoms with Crippen molar-refractivity contribution in [2.24, 2.45) is 18.2 Å². The highest BCUT2D eigenvalue weighted by Crippen LogP contribution is 2.46. The van der Waals surface area contributed by atoms with Crippen LogP contribution in [0.3, 0.4) is 0 Å². The van der Waals surface area contributed by atoms with Crippen LogP contribution in [0.25, 0.3) is 10.9 Å². The molecule has 0 aliphatic heterocycles. The number of hydrogen-bond acceptors (Lipinski definition) is 2. The number of nitrogens with two attached hydrogens (primary N) is 1. The monoisotopic (exact) mass is 243 g/mol. The molecule has 1 saturated carbocycles. The highest BCUT2D eigenvalue weighted by atomic mass is 15.1. The number of aromatic nitrogens is 1. The number of fused-ring (bicyclic) bond motifs is 1. The van der Waals surface area contributed by atoms with Crippen molar-refractivity contribution >= 4 is 16.6 Å². The molecule has 18 heavy (non-hydrogen) atoms. The number of aryl methyl sites for hydroxylation is 1. The average Bonchev–Trinajstić information content (AvgIpc) is 3.08. The molecule has 0 unspecified atom stereocenters. The number of para-hydroxylation sites is 1. The summed E-state index contributed by atoms with van der Waals surface area (Å²) in [6.45, 7) is 1.87. The van der Waals surface area contributed by atoms with Crippen LogP contribution < -0.4 is 10.6 Å². The van der Waals surface area contributed by atoms with Gasteiger partial charge in [0.2, 0.25) is 0 Å². The van der Waals surface area contributed by atoms with Gasteiger partial charge in [-0.2, -0.15) is 0 Å². The van der Waals surface area contributed by atoms with E-state index >= 15 is 0 Å². The third kappa shape index (κ3) is 1.79. The van der Waals surface area contributed by atoms with Gasteiger partial charge in [-0.25, -0.2) is 0 Å². The standard InChI is InChI=1S/C15H21N3/c1-17-9-14(12-5-3-4-6-13(12)17)18(2)11-15(10-16)7-8-15/h3-6,9H,7-8,10-11,16H2,1-2H3. The molecule has 3 nitrogen and oxygen atoms in total. The zero-order valence-electron chi connectivity index (χ0n) is 11.2. The van der Waals surface area contributed by atoms with Gasteiger partial charge in [0.1, 0.15) is 0 Å². The highest BCUT2D eigenvalue weighted by Gasteiger charge is 2.42. The Morgan fingerprint density at radius 3 is 2.72 bits per heavy atom. The maximum Gasteiger partial charge on any atom is 0.0623 e. The van der Waals surface area contributed by atoms with Gasteiger partial charge in [-0.05, 0) is 25.5 Å². The van der Waals surface area contributed by atoms with Crippen molar-refractivity contribution in [3.05, 3.63) is 30.5 Å². The summed E-state index contributed by atoms with van der Waals surface area (Å²) in [4.78, 5) is 2.36. The van der Waals surface area contributed by atoms with E-state index < -0.39 is 0 Å². The Balaban J connectivity index is 1.94. The van der Waals surface area contributed by atoms with Crippen molar-refractivity contribution in [2.45, 2.75) is 12.8 Å². The molecule has 0 radical (unpaired) electrons. The van der Waals surface area contributed by atoms with Crippen LogP contribution in [-0.2, 0) is 7.05 Å². The lowest BCUT2D eigenvalue weighted by molar-refractivity contribution is 0.524. The van der Waals surface area contributed by atoms with Crippen LogP contribution in [-0.4, -0.2) is 24.7 Å². The fraction of sp³-hybridized carbons (Fsp3) is 0.467. The summed E-state index contributed by atoms with van der Waals surface area (Å²) in [5.74, 6) is 0. The SMILES string of the molecule is CN(CC1(CN)CC1)c1cn(C)c2ccccc12. The number of nitrogens with zero attached hydrogens (tertiary/aromatic N) is 2. The zero-order valence-corrected chi connectivity index (χ0v) is 11.2. The van der Waals surface area contributed by atoms with Gasteiger partial charge in [-0.1, -0.05) is 18.2 Å². The molecule has 1 fully saturated rings. The first-order valence-corrected chi connectivity index (χ1v) is 6.60. The minimum Gasteiger partial charge on any atom is -0.372 e. The third-order valence-corrected chi connectivity index (χ3v) is 4.25. The van der Waals surface area contributed by atoms with Crippen LogP contribution in [0, 0.1) is 5.41 Å². The summed E-state index contributed by atoms with van der Waals surface area (Å²) in [5.41, 5.74) is 8.86. The number of benzene rings is 1. The van der Waals surface area contributed by atoms with E-state index in [9.17, 15) is 0 Å². The van der Waals surface area contributed by atoms with Crippen molar-refractivity contribution in [2.75, 3.05) is 25.0 Å². The van der Waals surface area contributed by atoms with Crippen LogP contribution in [0.2, 0.25) is 0 Å². The molecule has 0 bridgehead atoms. The van der Waals surface area contributed by atoms with Gasteiger partial charge in [0, 0.05) is 43.2 Å². The molecule has 1 heterocycles. The fourth-order valence-corrected chi connectivity index (χ4v) is 2.82. The largest absolute Gasteiger partial charge is 0.372 e. The molecule has 3 rings (SSSR count). The van der Waals surface area contributed by atoms with Crippen LogP contribution >= 0.6 is 0 Å². The summed E-state index contributed by atoms with van der Waals surface area (Å²) in [5, 5.41) is 1.33. The molecule has 0 saturated heterocycles. The molecule has 1 aromatic carbocycles. The molecule has 0 amide bonds. The third-order valence-electron chi connectivity index (χ3n) is 4.25. The van der Waals surface area contributed by atoms with Gasteiger partial charge in [-0.15, -0.1) is 0 Å². The van der Waals surface area contributed by atoms with Gasteiger partial charge in [0.25, 0.3) is 0 Å². The Labute approximate surface area is 108 Å². The molecular formula is C15H21N3. The quantitative estimate of drug-likeness (QED) is 0.894. The zero-order chi connectivity index (χ0) is 12.8. The Morgan fingerprint density at radius 1 is 1.33 bits per heavy atom. The van der Waals surface area contributed by atoms with E-state index in [0.717, 1.165) is 13.1 Å². The minimum atomic E-state index is 0.381. The van der Waals surface area contributed by atoms with E-state index in [1.54, 1.807) is 0 Å². The molecule has 3 heteroatoms. The van der Waals surface area contributed by atoms with Crippen LogP contribution in [0.1, 0.15) is 12.8 Å². The Kier molecular flexibility index (Phi) is 2.59. The van der Waals surface area contributed by atoms with Crippen LogP contribution in [0.5, 0.6) is 0 Å². The van der Waals surface area contributed by atoms with Gasteiger partial charge >= 0.3 is 0 Å². The van der Waals surface area contributed by atoms with Crippen molar-refractivity contribution in [1.82, 2.24) is 4.57 Å². The molecule has 2 N–H and O–H groups in total. The fourth-order valence-electron chi connectivity index (χ4n) is 2.82. The molecule has 0 atom stereocenters. The van der Waals surface area contributed by atoms with E-state index in [2.05, 4.69) is 54.0 Å². The van der Waals surface area contributed by atoms with E-state index in [1.165, 1.54) is 29.4 Å². The van der Waals surface area contributed by atoms with E-state index in [1.807, 2.05) is 0 Å². The Morgan fingerprint density at radius 2 is 2.06 bits per heavy atom. The topological polar surface area (TPSA) is 34.2 Å². The molecule has 0 spiro atoms. The Hall–Kier alpha value is -1.48. The molecule has 1 aromatic heterocycles. The average molecular weight is 243 g/mol. The van der Waals surface area contributed by atoms with Crippen LogP contribution in [0.15, 0.2) is 30.5 Å². The maximum atomic E-state index is 5.88. The normalized spacial score (nSPS) is 17.1. The van der Waals surface area contributed by atoms with Gasteiger partial charge in [0.05, 0.1) is 5.69 Å². The van der Waals surface area contributed by atoms with Gasteiger partial charge < -0.3 is 15.2 Å². The molecule has 96 valence electrons. The second kappa shape index (κ2) is 4.02. The summed E-state index contributed by atoms with van der Waals surface area (Å²) in [7, 11) is 4.28. The van der Waals surface area contributed by atoms with E-state index in [-0.39, 0.29) is 0 Å². The minimum absolute atomic E-state index is 0.381. The lowest BCUT2D eigenvalue weighted by Gasteiger charge is -2.24. The van der Waals surface area contributed by atoms with Gasteiger partial charge in [-0.3, -0.25) is 0 Å². The van der Waals surface area contributed by atoms with Gasteiger partial charge in [0.15, 0.2) is 0 Å². The molecule has 1 aliphatic rings. The molecule has 2 aromatic rings. The smallest absolute Gasteiger partial charge is 0.0623 e. The predicted octanol–water partition coefficient (Wildman–Crippen LogP) is 2.35. The van der Waals surface area contributed by atoms with E-state index in [4.69, 9.17) is 5.73 Å². The number of rotatable bonds is 4. The predicted molar refractivity (Wildman–Crippen MR) is 76.9 cm³/mol. The molecule has 1 aliphatic carbocycles. The van der Waals surface area contributed by atoms with Crippen molar-refractivity contribution in [3.8, 4) is 0 Å². The lowest BCUT2D eigenvalue weighted by Crippen LogP contribution is -2.31. The maximum absolute atomic E-state index is 5.88. The van der Waals surface area contributed by atoms with E-state index in [0.29, 0.717) is 5.41 Å². The summed E-state index contributed by atoms with van der Waals surface area (Å²) < 4.78 is 2.20. The molecular weight excluding hydrogens is 222 g/mol. The summed E-state index contributed by atoms with van der Waals surface area (Å²) >= 11 is 0. The van der Waals surface area contributed by atoms with Crippen LogP contribution in [0.4, 0.5) is 5.69 Å². The number of anilines is 1.